The molecule has 0 amide bonds. The summed E-state index contributed by atoms with van der Waals surface area (Å²) >= 11 is 10.4. The van der Waals surface area contributed by atoms with E-state index in [-0.39, 0.29) is 6.04 Å². The van der Waals surface area contributed by atoms with Crippen molar-refractivity contribution in [1.82, 2.24) is 4.31 Å². The first-order valence-corrected chi connectivity index (χ1v) is 9.86. The number of hydrogen-bond donors (Lipinski definition) is 0. The van der Waals surface area contributed by atoms with Crippen molar-refractivity contribution in [2.75, 3.05) is 6.54 Å². The molecule has 0 spiro atoms. The van der Waals surface area contributed by atoms with Crippen LogP contribution in [0.2, 0.25) is 5.02 Å². The lowest BCUT2D eigenvalue weighted by Crippen LogP contribution is -2.43. The van der Waals surface area contributed by atoms with Crippen LogP contribution in [0.3, 0.4) is 0 Å². The highest BCUT2D eigenvalue weighted by atomic mass is 79.9. The zero-order chi connectivity index (χ0) is 14.0. The van der Waals surface area contributed by atoms with Gasteiger partial charge in [-0.2, -0.15) is 4.31 Å². The van der Waals surface area contributed by atoms with Crippen molar-refractivity contribution in [3.8, 4) is 0 Å². The van der Waals surface area contributed by atoms with Crippen molar-refractivity contribution in [2.24, 2.45) is 0 Å². The van der Waals surface area contributed by atoms with Crippen LogP contribution in [-0.2, 0) is 10.0 Å². The minimum atomic E-state index is -3.40. The molecule has 0 bridgehead atoms. The molecule has 1 aliphatic rings. The fourth-order valence-electron chi connectivity index (χ4n) is 2.48. The Morgan fingerprint density at radius 2 is 2.26 bits per heavy atom. The fraction of sp³-hybridized carbons (Fsp3) is 0.667. The number of sulfonamides is 1. The zero-order valence-corrected chi connectivity index (χ0v) is 14.7. The van der Waals surface area contributed by atoms with E-state index in [1.54, 1.807) is 10.4 Å². The van der Waals surface area contributed by atoms with E-state index in [0.29, 0.717) is 19.6 Å². The van der Waals surface area contributed by atoms with Gasteiger partial charge in [0.15, 0.2) is 0 Å². The highest BCUT2D eigenvalue weighted by molar-refractivity contribution is 9.11. The molecule has 1 aromatic heterocycles. The Bertz CT molecular complexity index is 522. The Labute approximate surface area is 132 Å². The van der Waals surface area contributed by atoms with E-state index in [1.165, 1.54) is 11.3 Å². The van der Waals surface area contributed by atoms with Crippen LogP contribution in [0.5, 0.6) is 0 Å². The predicted molar refractivity (Wildman–Crippen MR) is 83.5 cm³/mol. The molecular weight excluding hydrogens is 370 g/mol. The van der Waals surface area contributed by atoms with Gasteiger partial charge in [-0.3, -0.25) is 0 Å². The van der Waals surface area contributed by atoms with Crippen molar-refractivity contribution >= 4 is 48.9 Å². The Balaban J connectivity index is 2.31. The Morgan fingerprint density at radius 1 is 1.53 bits per heavy atom. The normalized spacial score (nSPS) is 21.7. The third kappa shape index (κ3) is 3.35. The zero-order valence-electron chi connectivity index (χ0n) is 10.7. The summed E-state index contributed by atoms with van der Waals surface area (Å²) < 4.78 is 28.1. The molecule has 108 valence electrons. The summed E-state index contributed by atoms with van der Waals surface area (Å²) in [4.78, 5) is 0. The number of nitrogens with zero attached hydrogens (tertiary/aromatic N) is 1. The van der Waals surface area contributed by atoms with E-state index < -0.39 is 10.0 Å². The lowest BCUT2D eigenvalue weighted by molar-refractivity contribution is 0.240. The number of thiophene rings is 1. The molecule has 1 atom stereocenters. The van der Waals surface area contributed by atoms with Gasteiger partial charge in [-0.1, -0.05) is 31.4 Å². The van der Waals surface area contributed by atoms with Crippen molar-refractivity contribution in [2.45, 2.75) is 49.3 Å². The second-order valence-corrected chi connectivity index (χ2v) is 9.64. The van der Waals surface area contributed by atoms with Gasteiger partial charge < -0.3 is 0 Å². The molecule has 2 rings (SSSR count). The average molecular weight is 387 g/mol. The smallest absolute Gasteiger partial charge is 0.206 e. The molecule has 1 unspecified atom stereocenters. The van der Waals surface area contributed by atoms with Crippen molar-refractivity contribution in [3.63, 3.8) is 0 Å². The van der Waals surface area contributed by atoms with E-state index >= 15 is 0 Å². The molecule has 0 aliphatic carbocycles. The van der Waals surface area contributed by atoms with Gasteiger partial charge in [-0.05, 0) is 41.3 Å². The van der Waals surface area contributed by atoms with E-state index in [9.17, 15) is 8.42 Å². The number of halogens is 2. The van der Waals surface area contributed by atoms with Gasteiger partial charge in [0.05, 0.1) is 8.81 Å². The topological polar surface area (TPSA) is 37.4 Å². The Hall–Kier alpha value is 0.380. The molecule has 1 aliphatic heterocycles. The third-order valence-electron chi connectivity index (χ3n) is 3.38. The molecule has 0 aromatic carbocycles. The molecule has 0 radical (unpaired) electrons. The summed E-state index contributed by atoms with van der Waals surface area (Å²) in [5, 5.41) is 0.465. The Morgan fingerprint density at radius 3 is 2.84 bits per heavy atom. The number of piperidine rings is 1. The van der Waals surface area contributed by atoms with Crippen molar-refractivity contribution < 1.29 is 8.42 Å². The monoisotopic (exact) mass is 385 g/mol. The molecule has 1 aromatic rings. The SMILES string of the molecule is CCCC1CCCCN1S(=O)(=O)c1cc(Cl)c(Br)s1. The highest BCUT2D eigenvalue weighted by Gasteiger charge is 2.34. The second kappa shape index (κ2) is 6.43. The van der Waals surface area contributed by atoms with Crippen LogP contribution >= 0.6 is 38.9 Å². The standard InChI is InChI=1S/C12H17BrClNO2S2/c1-2-5-9-6-3-4-7-15(9)19(16,17)11-8-10(14)12(13)18-11/h8-9H,2-7H2,1H3. The fourth-order valence-corrected chi connectivity index (χ4v) is 6.73. The van der Waals surface area contributed by atoms with Crippen LogP contribution in [0.25, 0.3) is 0 Å². The lowest BCUT2D eigenvalue weighted by atomic mass is 10.0. The Kier molecular flexibility index (Phi) is 5.34. The van der Waals surface area contributed by atoms with Crippen LogP contribution in [0.15, 0.2) is 14.1 Å². The molecule has 1 fully saturated rings. The minimum absolute atomic E-state index is 0.142. The predicted octanol–water partition coefficient (Wildman–Crippen LogP) is 4.51. The van der Waals surface area contributed by atoms with Gasteiger partial charge in [0.1, 0.15) is 4.21 Å². The summed E-state index contributed by atoms with van der Waals surface area (Å²) in [5.41, 5.74) is 0. The average Bonchev–Trinajstić information content (AvgIpc) is 2.71. The van der Waals surface area contributed by atoms with Crippen molar-refractivity contribution in [3.05, 3.63) is 14.9 Å². The minimum Gasteiger partial charge on any atom is -0.206 e. The summed E-state index contributed by atoms with van der Waals surface area (Å²) in [7, 11) is -3.40. The first-order valence-electron chi connectivity index (χ1n) is 6.43. The largest absolute Gasteiger partial charge is 0.252 e. The van der Waals surface area contributed by atoms with Gasteiger partial charge in [0.2, 0.25) is 0 Å². The lowest BCUT2D eigenvalue weighted by Gasteiger charge is -2.34. The molecule has 19 heavy (non-hydrogen) atoms. The molecule has 0 N–H and O–H groups in total. The maximum atomic E-state index is 12.7. The van der Waals surface area contributed by atoms with E-state index in [4.69, 9.17) is 11.6 Å². The van der Waals surface area contributed by atoms with Gasteiger partial charge in [-0.25, -0.2) is 8.42 Å². The summed E-state index contributed by atoms with van der Waals surface area (Å²) in [6.45, 7) is 2.72. The van der Waals surface area contributed by atoms with Crippen molar-refractivity contribution in [1.29, 1.82) is 0 Å². The van der Waals surface area contributed by atoms with Gasteiger partial charge in [0, 0.05) is 12.6 Å². The molecule has 2 heterocycles. The van der Waals surface area contributed by atoms with E-state index in [2.05, 4.69) is 22.9 Å². The summed E-state index contributed by atoms with van der Waals surface area (Å²) in [5.74, 6) is 0. The molecular formula is C12H17BrClNO2S2. The number of rotatable bonds is 4. The van der Waals surface area contributed by atoms with Gasteiger partial charge >= 0.3 is 0 Å². The number of hydrogen-bond acceptors (Lipinski definition) is 3. The second-order valence-electron chi connectivity index (χ2n) is 4.74. The van der Waals surface area contributed by atoms with Crippen LogP contribution < -0.4 is 0 Å². The van der Waals surface area contributed by atoms with Crippen LogP contribution in [0.4, 0.5) is 0 Å². The maximum Gasteiger partial charge on any atom is 0.252 e. The van der Waals surface area contributed by atoms with E-state index in [1.807, 2.05) is 0 Å². The van der Waals surface area contributed by atoms with Crippen LogP contribution in [-0.4, -0.2) is 25.3 Å². The van der Waals surface area contributed by atoms with E-state index in [0.717, 1.165) is 32.1 Å². The molecule has 1 saturated heterocycles. The van der Waals surface area contributed by atoms with Gasteiger partial charge in [0.25, 0.3) is 10.0 Å². The molecule has 3 nitrogen and oxygen atoms in total. The summed E-state index contributed by atoms with van der Waals surface area (Å²) in [6, 6.07) is 1.69. The first kappa shape index (κ1) is 15.8. The maximum absolute atomic E-state index is 12.7. The van der Waals surface area contributed by atoms with Crippen LogP contribution in [0.1, 0.15) is 39.0 Å². The molecule has 0 saturated carbocycles. The van der Waals surface area contributed by atoms with Crippen LogP contribution in [0, 0.1) is 0 Å². The third-order valence-corrected chi connectivity index (χ3v) is 8.26. The quantitative estimate of drug-likeness (QED) is 0.763. The van der Waals surface area contributed by atoms with Gasteiger partial charge in [-0.15, -0.1) is 11.3 Å². The molecule has 7 heteroatoms. The summed E-state index contributed by atoms with van der Waals surface area (Å²) in [6.07, 6.45) is 4.96. The first-order chi connectivity index (χ1) is 8.96. The highest BCUT2D eigenvalue weighted by Crippen LogP contribution is 2.37.